The Morgan fingerprint density at radius 1 is 1.67 bits per heavy atom. The van der Waals surface area contributed by atoms with Gasteiger partial charge in [0.25, 0.3) is 0 Å². The zero-order valence-corrected chi connectivity index (χ0v) is 5.45. The zero-order chi connectivity index (χ0) is 6.91. The van der Waals surface area contributed by atoms with E-state index in [9.17, 15) is 8.78 Å². The van der Waals surface area contributed by atoms with Gasteiger partial charge in [-0.1, -0.05) is 0 Å². The molecule has 0 aliphatic heterocycles. The Morgan fingerprint density at radius 3 is 2.56 bits per heavy atom. The maximum Gasteiger partial charge on any atom is 0.248 e. The Bertz CT molecular complexity index is 99.9. The summed E-state index contributed by atoms with van der Waals surface area (Å²) in [6.07, 6.45) is 0.154. The normalized spacial score (nSPS) is 25.7. The topological polar surface area (TPSA) is 12.0 Å². The van der Waals surface area contributed by atoms with Crippen LogP contribution in [0.3, 0.4) is 0 Å². The lowest BCUT2D eigenvalue weighted by molar-refractivity contribution is -0.108. The molecule has 0 saturated heterocycles. The number of alkyl halides is 2. The smallest absolute Gasteiger partial charge is 0.248 e. The molecule has 0 spiro atoms. The maximum absolute atomic E-state index is 12.1. The van der Waals surface area contributed by atoms with E-state index in [4.69, 9.17) is 0 Å². The third-order valence-electron chi connectivity index (χ3n) is 1.67. The van der Waals surface area contributed by atoms with Crippen LogP contribution in [0.5, 0.6) is 0 Å². The van der Waals surface area contributed by atoms with Crippen molar-refractivity contribution in [1.29, 1.82) is 0 Å². The van der Waals surface area contributed by atoms with Crippen LogP contribution < -0.4 is 5.32 Å². The van der Waals surface area contributed by atoms with Gasteiger partial charge in [0.05, 0.1) is 0 Å². The summed E-state index contributed by atoms with van der Waals surface area (Å²) >= 11 is 0. The molecule has 0 aromatic rings. The van der Waals surface area contributed by atoms with E-state index in [1.807, 2.05) is 0 Å². The van der Waals surface area contributed by atoms with Gasteiger partial charge in [0, 0.05) is 14.3 Å². The quantitative estimate of drug-likeness (QED) is 0.608. The van der Waals surface area contributed by atoms with Crippen LogP contribution in [0.15, 0.2) is 0 Å². The van der Waals surface area contributed by atoms with Crippen LogP contribution >= 0.6 is 0 Å². The summed E-state index contributed by atoms with van der Waals surface area (Å²) < 4.78 is 24.2. The maximum atomic E-state index is 12.1. The van der Waals surface area contributed by atoms with Gasteiger partial charge < -0.3 is 5.32 Å². The number of rotatable bonds is 2. The summed E-state index contributed by atoms with van der Waals surface area (Å²) in [5.41, 5.74) is 0. The van der Waals surface area contributed by atoms with Crippen molar-refractivity contribution in [3.05, 3.63) is 0 Å². The van der Waals surface area contributed by atoms with Crippen molar-refractivity contribution in [3.63, 3.8) is 0 Å². The molecule has 0 heterocycles. The Labute approximate surface area is 54.9 Å². The lowest BCUT2D eigenvalue weighted by Gasteiger charge is -2.34. The summed E-state index contributed by atoms with van der Waals surface area (Å²) in [6, 6.07) is 0. The van der Waals surface area contributed by atoms with Crippen LogP contribution in [0.4, 0.5) is 8.78 Å². The van der Waals surface area contributed by atoms with Crippen LogP contribution in [0.25, 0.3) is 0 Å². The molecule has 1 nitrogen and oxygen atoms in total. The Kier molecular flexibility index (Phi) is 1.70. The first-order valence-electron chi connectivity index (χ1n) is 3.16. The molecular formula is C6H13F2N. The van der Waals surface area contributed by atoms with Crippen LogP contribution in [0.2, 0.25) is 0 Å². The van der Waals surface area contributed by atoms with Crippen molar-refractivity contribution in [2.45, 2.75) is 18.8 Å². The second-order valence-electron chi connectivity index (χ2n) is 2.69. The highest BCUT2D eigenvalue weighted by Gasteiger charge is 2.44. The number of halogens is 2. The van der Waals surface area contributed by atoms with Gasteiger partial charge in [-0.05, 0) is 19.5 Å². The molecule has 56 valence electrons. The predicted octanol–water partition coefficient (Wildman–Crippen LogP) is 1.50. The average molecular weight is 137 g/mol. The lowest BCUT2D eigenvalue weighted by Crippen LogP contribution is -2.40. The van der Waals surface area contributed by atoms with Gasteiger partial charge >= 0.3 is 0 Å². The van der Waals surface area contributed by atoms with Gasteiger partial charge in [0.2, 0.25) is 5.92 Å². The minimum atomic E-state index is -2.35. The van der Waals surface area contributed by atoms with Gasteiger partial charge in [0.1, 0.15) is 0 Å². The van der Waals surface area contributed by atoms with Crippen molar-refractivity contribution in [2.24, 2.45) is 5.92 Å². The fraction of sp³-hybridized carbons (Fsp3) is 1.00. The molecule has 0 aromatic carbocycles. The van der Waals surface area contributed by atoms with E-state index >= 15 is 0 Å². The summed E-state index contributed by atoms with van der Waals surface area (Å²) in [6.45, 7) is 0.732. The molecule has 1 aliphatic rings. The molecule has 0 unspecified atom stereocenters. The van der Waals surface area contributed by atoms with E-state index in [-0.39, 0.29) is 20.2 Å². The molecule has 0 atom stereocenters. The SMILES string of the molecule is CNCC1CC(F)(F)C1.[HH]. The minimum absolute atomic E-state index is 0. The Balaban J connectivity index is 0.000000810. The highest BCUT2D eigenvalue weighted by molar-refractivity contribution is 4.86. The van der Waals surface area contributed by atoms with Crippen LogP contribution in [-0.2, 0) is 0 Å². The second-order valence-corrected chi connectivity index (χ2v) is 2.69. The van der Waals surface area contributed by atoms with E-state index in [2.05, 4.69) is 5.32 Å². The second kappa shape index (κ2) is 2.21. The van der Waals surface area contributed by atoms with Crippen molar-refractivity contribution < 1.29 is 10.2 Å². The van der Waals surface area contributed by atoms with E-state index < -0.39 is 5.92 Å². The van der Waals surface area contributed by atoms with Crippen molar-refractivity contribution in [3.8, 4) is 0 Å². The van der Waals surface area contributed by atoms with Gasteiger partial charge in [-0.25, -0.2) is 8.78 Å². The molecule has 1 N–H and O–H groups in total. The fourth-order valence-corrected chi connectivity index (χ4v) is 1.22. The molecule has 1 rings (SSSR count). The summed E-state index contributed by atoms with van der Waals surface area (Å²) in [5, 5.41) is 2.87. The zero-order valence-electron chi connectivity index (χ0n) is 5.45. The first-order chi connectivity index (χ1) is 4.14. The van der Waals surface area contributed by atoms with Gasteiger partial charge in [-0.2, -0.15) is 0 Å². The van der Waals surface area contributed by atoms with Gasteiger partial charge in [-0.3, -0.25) is 0 Å². The molecule has 0 radical (unpaired) electrons. The van der Waals surface area contributed by atoms with Crippen molar-refractivity contribution >= 4 is 0 Å². The van der Waals surface area contributed by atoms with Crippen LogP contribution in [0, 0.1) is 5.92 Å². The first kappa shape index (κ1) is 6.93. The van der Waals surface area contributed by atoms with Crippen LogP contribution in [0.1, 0.15) is 14.3 Å². The minimum Gasteiger partial charge on any atom is -0.319 e. The highest BCUT2D eigenvalue weighted by atomic mass is 19.3. The number of hydrogen-bond acceptors (Lipinski definition) is 1. The van der Waals surface area contributed by atoms with Crippen molar-refractivity contribution in [1.82, 2.24) is 5.32 Å². The lowest BCUT2D eigenvalue weighted by atomic mass is 9.81. The number of hydrogen-bond donors (Lipinski definition) is 1. The van der Waals surface area contributed by atoms with Crippen molar-refractivity contribution in [2.75, 3.05) is 13.6 Å². The van der Waals surface area contributed by atoms with Gasteiger partial charge in [-0.15, -0.1) is 0 Å². The fourth-order valence-electron chi connectivity index (χ4n) is 1.22. The Morgan fingerprint density at radius 2 is 2.22 bits per heavy atom. The molecule has 0 aromatic heterocycles. The molecule has 3 heteroatoms. The molecule has 0 amide bonds. The third-order valence-corrected chi connectivity index (χ3v) is 1.67. The molecule has 1 saturated carbocycles. The molecule has 9 heavy (non-hydrogen) atoms. The van der Waals surface area contributed by atoms with E-state index in [0.717, 1.165) is 6.54 Å². The van der Waals surface area contributed by atoms with E-state index in [1.165, 1.54) is 0 Å². The van der Waals surface area contributed by atoms with Crippen LogP contribution in [-0.4, -0.2) is 19.5 Å². The first-order valence-corrected chi connectivity index (χ1v) is 3.16. The molecule has 1 aliphatic carbocycles. The standard InChI is InChI=1S/C6H11F2N.H2/c1-9-4-5-2-6(7,8)3-5;/h5,9H,2-4H2,1H3;1H. The third kappa shape index (κ3) is 1.61. The molecule has 0 bridgehead atoms. The largest absolute Gasteiger partial charge is 0.319 e. The summed E-state index contributed by atoms with van der Waals surface area (Å²) in [5.74, 6) is -2.13. The number of nitrogens with one attached hydrogen (secondary N) is 1. The molecular weight excluding hydrogens is 124 g/mol. The van der Waals surface area contributed by atoms with E-state index in [0.29, 0.717) is 0 Å². The predicted molar refractivity (Wildman–Crippen MR) is 33.7 cm³/mol. The summed E-state index contributed by atoms with van der Waals surface area (Å²) in [7, 11) is 1.79. The highest BCUT2D eigenvalue weighted by Crippen LogP contribution is 2.41. The monoisotopic (exact) mass is 137 g/mol. The Hall–Kier alpha value is -0.180. The average Bonchev–Trinajstić information content (AvgIpc) is 1.62. The summed E-state index contributed by atoms with van der Waals surface area (Å²) in [4.78, 5) is 0. The molecule has 1 fully saturated rings. The van der Waals surface area contributed by atoms with E-state index in [1.54, 1.807) is 7.05 Å². The van der Waals surface area contributed by atoms with Gasteiger partial charge in [0.15, 0.2) is 0 Å².